The topological polar surface area (TPSA) is 37.8 Å². The van der Waals surface area contributed by atoms with Crippen molar-refractivity contribution in [2.45, 2.75) is 33.1 Å². The van der Waals surface area contributed by atoms with Crippen molar-refractivity contribution in [2.75, 3.05) is 5.32 Å². The van der Waals surface area contributed by atoms with Crippen LogP contribution in [-0.2, 0) is 5.41 Å². The molecule has 19 heavy (non-hydrogen) atoms. The quantitative estimate of drug-likeness (QED) is 0.821. The predicted molar refractivity (Wildman–Crippen MR) is 80.2 cm³/mol. The molecule has 0 aliphatic rings. The summed E-state index contributed by atoms with van der Waals surface area (Å²) in [5.74, 6) is 1.50. The lowest BCUT2D eigenvalue weighted by molar-refractivity contribution is 0.545. The standard InChI is InChI=1S/C15H18ClN3/c1-10-12(16)18-14(15(2,3)4)19-13(10)17-11-8-6-5-7-9-11/h5-9H,1-4H3,(H,17,18,19). The van der Waals surface area contributed by atoms with Gasteiger partial charge in [-0.1, -0.05) is 50.6 Å². The first-order valence-corrected chi connectivity index (χ1v) is 6.62. The van der Waals surface area contributed by atoms with Gasteiger partial charge in [-0.2, -0.15) is 0 Å². The molecule has 2 aromatic rings. The van der Waals surface area contributed by atoms with E-state index in [1.54, 1.807) is 0 Å². The highest BCUT2D eigenvalue weighted by molar-refractivity contribution is 6.30. The summed E-state index contributed by atoms with van der Waals surface area (Å²) in [6.45, 7) is 8.13. The van der Waals surface area contributed by atoms with Gasteiger partial charge in [-0.3, -0.25) is 0 Å². The maximum absolute atomic E-state index is 6.20. The highest BCUT2D eigenvalue weighted by Gasteiger charge is 2.20. The maximum atomic E-state index is 6.20. The van der Waals surface area contributed by atoms with Gasteiger partial charge in [0, 0.05) is 16.7 Å². The van der Waals surface area contributed by atoms with Crippen molar-refractivity contribution in [3.05, 3.63) is 46.9 Å². The van der Waals surface area contributed by atoms with Gasteiger partial charge in [-0.25, -0.2) is 9.97 Å². The first-order chi connectivity index (χ1) is 8.88. The Bertz CT molecular complexity index is 574. The number of nitrogens with zero attached hydrogens (tertiary/aromatic N) is 2. The molecule has 0 fully saturated rings. The fourth-order valence-electron chi connectivity index (χ4n) is 1.60. The van der Waals surface area contributed by atoms with E-state index in [1.165, 1.54) is 0 Å². The number of aromatic nitrogens is 2. The van der Waals surface area contributed by atoms with Crippen LogP contribution in [0.25, 0.3) is 0 Å². The van der Waals surface area contributed by atoms with Crippen LogP contribution in [0, 0.1) is 6.92 Å². The van der Waals surface area contributed by atoms with Gasteiger partial charge in [0.15, 0.2) is 0 Å². The Morgan fingerprint density at radius 1 is 1.05 bits per heavy atom. The summed E-state index contributed by atoms with van der Waals surface area (Å²) in [5.41, 5.74) is 1.71. The van der Waals surface area contributed by atoms with Crippen molar-refractivity contribution in [3.8, 4) is 0 Å². The predicted octanol–water partition coefficient (Wildman–Crippen LogP) is 4.48. The van der Waals surface area contributed by atoms with Gasteiger partial charge < -0.3 is 5.32 Å². The summed E-state index contributed by atoms with van der Waals surface area (Å²) in [5, 5.41) is 3.79. The van der Waals surface area contributed by atoms with E-state index in [4.69, 9.17) is 11.6 Å². The van der Waals surface area contributed by atoms with Gasteiger partial charge in [-0.05, 0) is 19.1 Å². The monoisotopic (exact) mass is 275 g/mol. The third-order valence-corrected chi connectivity index (χ3v) is 3.16. The molecule has 100 valence electrons. The second-order valence-corrected chi connectivity index (χ2v) is 5.91. The molecule has 0 aliphatic carbocycles. The summed E-state index contributed by atoms with van der Waals surface area (Å²) >= 11 is 6.20. The summed E-state index contributed by atoms with van der Waals surface area (Å²) in [4.78, 5) is 8.95. The number of hydrogen-bond acceptors (Lipinski definition) is 3. The Morgan fingerprint density at radius 2 is 1.68 bits per heavy atom. The van der Waals surface area contributed by atoms with Gasteiger partial charge in [0.05, 0.1) is 0 Å². The third-order valence-electron chi connectivity index (χ3n) is 2.79. The second-order valence-electron chi connectivity index (χ2n) is 5.55. The zero-order valence-corrected chi connectivity index (χ0v) is 12.4. The average molecular weight is 276 g/mol. The molecule has 0 saturated heterocycles. The molecule has 0 spiro atoms. The molecule has 1 aromatic heterocycles. The van der Waals surface area contributed by atoms with Crippen molar-refractivity contribution in [1.29, 1.82) is 0 Å². The average Bonchev–Trinajstić information content (AvgIpc) is 2.34. The SMILES string of the molecule is Cc1c(Cl)nc(C(C)(C)C)nc1Nc1ccccc1. The van der Waals surface area contributed by atoms with Crippen LogP contribution in [0.5, 0.6) is 0 Å². The van der Waals surface area contributed by atoms with Crippen molar-refractivity contribution >= 4 is 23.1 Å². The molecular weight excluding hydrogens is 258 g/mol. The van der Waals surface area contributed by atoms with Crippen molar-refractivity contribution in [2.24, 2.45) is 0 Å². The first kappa shape index (κ1) is 13.8. The molecule has 0 atom stereocenters. The van der Waals surface area contributed by atoms with Crippen LogP contribution in [0.2, 0.25) is 5.15 Å². The minimum atomic E-state index is -0.134. The fourth-order valence-corrected chi connectivity index (χ4v) is 1.77. The summed E-state index contributed by atoms with van der Waals surface area (Å²) in [6, 6.07) is 9.92. The van der Waals surface area contributed by atoms with Crippen LogP contribution in [0.1, 0.15) is 32.2 Å². The van der Waals surface area contributed by atoms with Crippen molar-refractivity contribution < 1.29 is 0 Å². The molecule has 0 bridgehead atoms. The highest BCUT2D eigenvalue weighted by atomic mass is 35.5. The summed E-state index contributed by atoms with van der Waals surface area (Å²) in [7, 11) is 0. The second kappa shape index (κ2) is 5.17. The molecular formula is C15H18ClN3. The van der Waals surface area contributed by atoms with Crippen molar-refractivity contribution in [1.82, 2.24) is 9.97 Å². The van der Waals surface area contributed by atoms with Gasteiger partial charge in [0.25, 0.3) is 0 Å². The van der Waals surface area contributed by atoms with Crippen LogP contribution in [0.15, 0.2) is 30.3 Å². The van der Waals surface area contributed by atoms with Crippen LogP contribution in [-0.4, -0.2) is 9.97 Å². The lowest BCUT2D eigenvalue weighted by Gasteiger charge is -2.19. The molecule has 0 amide bonds. The van der Waals surface area contributed by atoms with Crippen LogP contribution >= 0.6 is 11.6 Å². The molecule has 1 aromatic carbocycles. The van der Waals surface area contributed by atoms with Gasteiger partial charge in [0.1, 0.15) is 16.8 Å². The Hall–Kier alpha value is -1.61. The van der Waals surface area contributed by atoms with E-state index in [-0.39, 0.29) is 5.41 Å². The van der Waals surface area contributed by atoms with E-state index < -0.39 is 0 Å². The van der Waals surface area contributed by atoms with Crippen molar-refractivity contribution in [3.63, 3.8) is 0 Å². The lowest BCUT2D eigenvalue weighted by Crippen LogP contribution is -2.17. The Labute approximate surface area is 119 Å². The van der Waals surface area contributed by atoms with Gasteiger partial charge >= 0.3 is 0 Å². The van der Waals surface area contributed by atoms with E-state index in [0.717, 1.165) is 22.9 Å². The lowest BCUT2D eigenvalue weighted by atomic mass is 9.95. The minimum absolute atomic E-state index is 0.134. The van der Waals surface area contributed by atoms with Gasteiger partial charge in [-0.15, -0.1) is 0 Å². The van der Waals surface area contributed by atoms with Crippen LogP contribution < -0.4 is 5.32 Å². The first-order valence-electron chi connectivity index (χ1n) is 6.24. The summed E-state index contributed by atoms with van der Waals surface area (Å²) < 4.78 is 0. The number of hydrogen-bond donors (Lipinski definition) is 1. The van der Waals surface area contributed by atoms with Gasteiger partial charge in [0.2, 0.25) is 0 Å². The number of para-hydroxylation sites is 1. The summed E-state index contributed by atoms with van der Waals surface area (Å²) in [6.07, 6.45) is 0. The molecule has 1 heterocycles. The molecule has 3 nitrogen and oxygen atoms in total. The van der Waals surface area contributed by atoms with E-state index in [2.05, 4.69) is 36.1 Å². The highest BCUT2D eigenvalue weighted by Crippen LogP contribution is 2.27. The van der Waals surface area contributed by atoms with Crippen LogP contribution in [0.3, 0.4) is 0 Å². The molecule has 0 saturated carbocycles. The number of rotatable bonds is 2. The molecule has 0 aliphatic heterocycles. The Kier molecular flexibility index (Phi) is 3.76. The molecule has 0 unspecified atom stereocenters. The van der Waals surface area contributed by atoms with Crippen LogP contribution in [0.4, 0.5) is 11.5 Å². The third kappa shape index (κ3) is 3.24. The zero-order chi connectivity index (χ0) is 14.0. The molecule has 0 radical (unpaired) electrons. The van der Waals surface area contributed by atoms with E-state index in [0.29, 0.717) is 5.15 Å². The zero-order valence-electron chi connectivity index (χ0n) is 11.7. The Morgan fingerprint density at radius 3 is 2.26 bits per heavy atom. The van der Waals surface area contributed by atoms with E-state index in [9.17, 15) is 0 Å². The molecule has 2 rings (SSSR count). The fraction of sp³-hybridized carbons (Fsp3) is 0.333. The smallest absolute Gasteiger partial charge is 0.138 e. The number of halogens is 1. The molecule has 4 heteroatoms. The Balaban J connectivity index is 2.42. The number of benzene rings is 1. The molecule has 1 N–H and O–H groups in total. The maximum Gasteiger partial charge on any atom is 0.138 e. The van der Waals surface area contributed by atoms with E-state index in [1.807, 2.05) is 37.3 Å². The number of anilines is 2. The number of nitrogens with one attached hydrogen (secondary N) is 1. The van der Waals surface area contributed by atoms with E-state index >= 15 is 0 Å². The largest absolute Gasteiger partial charge is 0.340 e. The minimum Gasteiger partial charge on any atom is -0.340 e. The normalized spacial score (nSPS) is 11.4.